The summed E-state index contributed by atoms with van der Waals surface area (Å²) in [5.74, 6) is -2.56. The molecular weight excluding hydrogens is 642 g/mol. The molecule has 0 radical (unpaired) electrons. The van der Waals surface area contributed by atoms with Crippen LogP contribution in [0.4, 0.5) is 0 Å². The molecule has 50 heavy (non-hydrogen) atoms. The first-order chi connectivity index (χ1) is 23.8. The molecule has 0 spiro atoms. The molecule has 3 aromatic rings. The van der Waals surface area contributed by atoms with Crippen LogP contribution in [0.15, 0.2) is 71.3 Å². The maximum absolute atomic E-state index is 13.8. The van der Waals surface area contributed by atoms with Gasteiger partial charge in [-0.1, -0.05) is 79.7 Å². The van der Waals surface area contributed by atoms with E-state index in [4.69, 9.17) is 9.26 Å². The average molecular weight is 690 g/mol. The lowest BCUT2D eigenvalue weighted by Crippen LogP contribution is -2.61. The molecule has 13 nitrogen and oxygen atoms in total. The van der Waals surface area contributed by atoms with Crippen LogP contribution in [0.5, 0.6) is 0 Å². The summed E-state index contributed by atoms with van der Waals surface area (Å²) in [6.07, 6.45) is -0.360. The van der Waals surface area contributed by atoms with Crippen LogP contribution in [0.1, 0.15) is 67.9 Å². The Kier molecular flexibility index (Phi) is 13.0. The van der Waals surface area contributed by atoms with Crippen LogP contribution in [0.25, 0.3) is 0 Å². The highest BCUT2D eigenvalue weighted by atomic mass is 16.6. The van der Waals surface area contributed by atoms with E-state index in [1.165, 1.54) is 13.0 Å². The maximum Gasteiger partial charge on any atom is 0.274 e. The van der Waals surface area contributed by atoms with Gasteiger partial charge in [-0.3, -0.25) is 24.0 Å². The minimum Gasteiger partial charge on any atom is -0.391 e. The first kappa shape index (κ1) is 37.9. The van der Waals surface area contributed by atoms with Crippen LogP contribution in [-0.2, 0) is 36.8 Å². The summed E-state index contributed by atoms with van der Waals surface area (Å²) < 4.78 is 10.4. The number of hydrogen-bond acceptors (Lipinski definition) is 9. The van der Waals surface area contributed by atoms with E-state index in [-0.39, 0.29) is 36.8 Å². The van der Waals surface area contributed by atoms with Crippen LogP contribution >= 0.6 is 0 Å². The van der Waals surface area contributed by atoms with Crippen molar-refractivity contribution in [1.29, 1.82) is 0 Å². The number of aromatic nitrogens is 1. The van der Waals surface area contributed by atoms with Crippen LogP contribution in [-0.4, -0.2) is 82.2 Å². The predicted molar refractivity (Wildman–Crippen MR) is 184 cm³/mol. The molecule has 4 amide bonds. The topological polar surface area (TPSA) is 192 Å². The number of aryl methyl sites for hydroxylation is 2. The SMILES string of the molecule is Cc1cc(C(=O)N[C@@H](CCc2ccccc2)C(=O)N[C@H](C(=O)N[C@@H](Cc2ccccc2)C(=O)N[C@@H](CC(C)C)C(=O)[C@@]2(C)CO2)[C@@H](C)O)no1. The Bertz CT molecular complexity index is 1620. The minimum atomic E-state index is -1.49. The number of amides is 4. The molecule has 1 aliphatic heterocycles. The minimum absolute atomic E-state index is 0.0175. The molecular formula is C37H47N5O8. The lowest BCUT2D eigenvalue weighted by molar-refractivity contribution is -0.136. The molecule has 4 rings (SSSR count). The number of carbonyl (C=O) groups excluding carboxylic acids is 5. The van der Waals surface area contributed by atoms with E-state index in [9.17, 15) is 29.1 Å². The van der Waals surface area contributed by atoms with Gasteiger partial charge in [0, 0.05) is 12.5 Å². The molecule has 1 aromatic heterocycles. The van der Waals surface area contributed by atoms with E-state index >= 15 is 0 Å². The van der Waals surface area contributed by atoms with Gasteiger partial charge in [0.1, 0.15) is 29.5 Å². The van der Waals surface area contributed by atoms with Crippen LogP contribution in [0, 0.1) is 12.8 Å². The van der Waals surface area contributed by atoms with Crippen molar-refractivity contribution in [2.45, 2.75) is 96.2 Å². The molecule has 2 heterocycles. The van der Waals surface area contributed by atoms with Gasteiger partial charge in [0.15, 0.2) is 11.5 Å². The van der Waals surface area contributed by atoms with Crippen molar-refractivity contribution in [3.63, 3.8) is 0 Å². The van der Waals surface area contributed by atoms with Gasteiger partial charge in [0.2, 0.25) is 17.7 Å². The molecule has 13 heteroatoms. The van der Waals surface area contributed by atoms with Gasteiger partial charge in [-0.25, -0.2) is 0 Å². The summed E-state index contributed by atoms with van der Waals surface area (Å²) in [4.78, 5) is 67.5. The standard InChI is InChI=1S/C37H47N5O8/c1-22(2)18-28(32(44)37(5)21-49-37)39-34(46)29(20-26-14-10-7-11-15-26)40-36(48)31(24(4)43)41-33(45)27(17-16-25-12-8-6-9-13-25)38-35(47)30-19-23(3)50-42-30/h6-15,19,22,24,27-29,31,43H,16-18,20-21H2,1-5H3,(H,38,47)(H,39,46)(H,40,48)(H,41,45)/t24-,27+,28+,29+,31+,37-/m1/s1. The maximum atomic E-state index is 13.8. The number of hydrogen-bond donors (Lipinski definition) is 5. The zero-order valence-corrected chi connectivity index (χ0v) is 29.1. The largest absolute Gasteiger partial charge is 0.391 e. The van der Waals surface area contributed by atoms with E-state index < -0.39 is 59.5 Å². The lowest BCUT2D eigenvalue weighted by Gasteiger charge is -2.28. The van der Waals surface area contributed by atoms with Crippen molar-refractivity contribution in [3.8, 4) is 0 Å². The molecule has 1 saturated heterocycles. The Morgan fingerprint density at radius 3 is 1.94 bits per heavy atom. The molecule has 1 fully saturated rings. The zero-order valence-electron chi connectivity index (χ0n) is 29.1. The number of epoxide rings is 1. The Labute approximate surface area is 291 Å². The Morgan fingerprint density at radius 2 is 1.40 bits per heavy atom. The summed E-state index contributed by atoms with van der Waals surface area (Å²) in [5, 5.41) is 25.2. The molecule has 0 aliphatic carbocycles. The van der Waals surface area contributed by atoms with Gasteiger partial charge in [-0.2, -0.15) is 0 Å². The Morgan fingerprint density at radius 1 is 0.820 bits per heavy atom. The van der Waals surface area contributed by atoms with Gasteiger partial charge in [-0.05, 0) is 57.1 Å². The van der Waals surface area contributed by atoms with E-state index in [0.29, 0.717) is 18.6 Å². The quantitative estimate of drug-likeness (QED) is 0.125. The smallest absolute Gasteiger partial charge is 0.274 e. The number of benzene rings is 2. The summed E-state index contributed by atoms with van der Waals surface area (Å²) in [7, 11) is 0. The fraction of sp³-hybridized carbons (Fsp3) is 0.459. The molecule has 5 N–H and O–H groups in total. The van der Waals surface area contributed by atoms with Gasteiger partial charge < -0.3 is 35.6 Å². The monoisotopic (exact) mass is 689 g/mol. The second-order valence-electron chi connectivity index (χ2n) is 13.4. The van der Waals surface area contributed by atoms with Crippen molar-refractivity contribution in [1.82, 2.24) is 26.4 Å². The Hall–Kier alpha value is -4.88. The third kappa shape index (κ3) is 10.8. The van der Waals surface area contributed by atoms with E-state index in [1.807, 2.05) is 50.2 Å². The summed E-state index contributed by atoms with van der Waals surface area (Å²) in [6, 6.07) is 15.2. The molecule has 2 aromatic carbocycles. The van der Waals surface area contributed by atoms with Crippen molar-refractivity contribution in [2.24, 2.45) is 5.92 Å². The highest BCUT2D eigenvalue weighted by molar-refractivity contribution is 5.99. The fourth-order valence-corrected chi connectivity index (χ4v) is 5.50. The Balaban J connectivity index is 1.52. The molecule has 268 valence electrons. The highest BCUT2D eigenvalue weighted by Gasteiger charge is 2.50. The third-order valence-electron chi connectivity index (χ3n) is 8.46. The molecule has 6 atom stereocenters. The van der Waals surface area contributed by atoms with Crippen molar-refractivity contribution >= 4 is 29.4 Å². The number of aliphatic hydroxyl groups is 1. The normalized spacial score (nSPS) is 18.2. The van der Waals surface area contributed by atoms with Gasteiger partial charge in [0.05, 0.1) is 18.8 Å². The van der Waals surface area contributed by atoms with Crippen LogP contribution in [0.3, 0.4) is 0 Å². The number of rotatable bonds is 18. The number of nitrogens with one attached hydrogen (secondary N) is 4. The second kappa shape index (κ2) is 17.2. The number of Topliss-reactive ketones (excluding diaryl/α,β-unsaturated/α-hetero) is 1. The van der Waals surface area contributed by atoms with Crippen LogP contribution in [0.2, 0.25) is 0 Å². The van der Waals surface area contributed by atoms with Gasteiger partial charge in [0.25, 0.3) is 5.91 Å². The summed E-state index contributed by atoms with van der Waals surface area (Å²) in [6.45, 7) is 8.77. The van der Waals surface area contributed by atoms with Gasteiger partial charge in [-0.15, -0.1) is 0 Å². The number of aliphatic hydroxyl groups excluding tert-OH is 1. The van der Waals surface area contributed by atoms with E-state index in [0.717, 1.165) is 11.1 Å². The third-order valence-corrected chi connectivity index (χ3v) is 8.46. The second-order valence-corrected chi connectivity index (χ2v) is 13.4. The van der Waals surface area contributed by atoms with E-state index in [1.54, 1.807) is 38.1 Å². The molecule has 0 bridgehead atoms. The zero-order chi connectivity index (χ0) is 36.4. The average Bonchev–Trinajstić information content (AvgIpc) is 3.69. The fourth-order valence-electron chi connectivity index (χ4n) is 5.50. The molecule has 0 unspecified atom stereocenters. The lowest BCUT2D eigenvalue weighted by atomic mass is 9.93. The highest BCUT2D eigenvalue weighted by Crippen LogP contribution is 2.29. The van der Waals surface area contributed by atoms with Crippen molar-refractivity contribution < 1.29 is 38.3 Å². The number of carbonyl (C=O) groups is 5. The van der Waals surface area contributed by atoms with Crippen molar-refractivity contribution in [2.75, 3.05) is 6.61 Å². The number of nitrogens with zero attached hydrogens (tertiary/aromatic N) is 1. The molecule has 0 saturated carbocycles. The first-order valence-electron chi connectivity index (χ1n) is 16.8. The van der Waals surface area contributed by atoms with Crippen molar-refractivity contribution in [3.05, 3.63) is 89.3 Å². The van der Waals surface area contributed by atoms with Gasteiger partial charge >= 0.3 is 0 Å². The molecule has 1 aliphatic rings. The predicted octanol–water partition coefficient (Wildman–Crippen LogP) is 2.20. The number of ketones is 1. The summed E-state index contributed by atoms with van der Waals surface area (Å²) in [5.41, 5.74) is 0.677. The van der Waals surface area contributed by atoms with E-state index in [2.05, 4.69) is 26.4 Å². The first-order valence-corrected chi connectivity index (χ1v) is 16.8. The van der Waals surface area contributed by atoms with Crippen LogP contribution < -0.4 is 21.3 Å². The summed E-state index contributed by atoms with van der Waals surface area (Å²) >= 11 is 0. The number of ether oxygens (including phenoxy) is 1.